The van der Waals surface area contributed by atoms with Gasteiger partial charge in [-0.3, -0.25) is 0 Å². The van der Waals surface area contributed by atoms with Gasteiger partial charge in [-0.15, -0.1) is 0 Å². The van der Waals surface area contributed by atoms with Gasteiger partial charge in [0, 0.05) is 44.8 Å². The molecule has 0 saturated carbocycles. The maximum absolute atomic E-state index is 9.77. The van der Waals surface area contributed by atoms with E-state index in [0.29, 0.717) is 12.5 Å². The molecule has 2 N–H and O–H groups in total. The number of rotatable bonds is 6. The molecule has 2 aromatic heterocycles. The summed E-state index contributed by atoms with van der Waals surface area (Å²) in [6, 6.07) is 1.90. The largest absolute Gasteiger partial charge is 0.391 e. The normalized spacial score (nSPS) is 18.4. The van der Waals surface area contributed by atoms with Gasteiger partial charge in [0.15, 0.2) is 0 Å². The van der Waals surface area contributed by atoms with Gasteiger partial charge in [0.1, 0.15) is 5.82 Å². The SMILES string of the molecule is OC1CCCN(c2ccnc(NCCCn3ccnc3)n2)C1. The number of aliphatic hydroxyl groups excluding tert-OH is 1. The number of nitrogens with zero attached hydrogens (tertiary/aromatic N) is 5. The minimum atomic E-state index is -0.254. The standard InChI is InChI=1S/C15H22N6O/c22-13-3-1-9-21(11-13)14-4-6-18-15(19-14)17-5-2-8-20-10-7-16-12-20/h4,6-7,10,12-13,22H,1-3,5,8-9,11H2,(H,17,18,19). The molecule has 3 heterocycles. The van der Waals surface area contributed by atoms with Crippen LogP contribution in [0.2, 0.25) is 0 Å². The first-order valence-corrected chi connectivity index (χ1v) is 7.77. The number of piperidine rings is 1. The van der Waals surface area contributed by atoms with Gasteiger partial charge in [-0.1, -0.05) is 0 Å². The summed E-state index contributed by atoms with van der Waals surface area (Å²) in [5.41, 5.74) is 0. The van der Waals surface area contributed by atoms with Gasteiger partial charge in [0.2, 0.25) is 5.95 Å². The first-order valence-electron chi connectivity index (χ1n) is 7.77. The predicted molar refractivity (Wildman–Crippen MR) is 84.8 cm³/mol. The van der Waals surface area contributed by atoms with Crippen LogP contribution in [0, 0.1) is 0 Å². The van der Waals surface area contributed by atoms with Crippen molar-refractivity contribution in [3.63, 3.8) is 0 Å². The molecule has 0 radical (unpaired) electrons. The second-order valence-corrected chi connectivity index (χ2v) is 5.56. The van der Waals surface area contributed by atoms with E-state index in [1.807, 2.05) is 23.2 Å². The summed E-state index contributed by atoms with van der Waals surface area (Å²) in [5.74, 6) is 1.52. The summed E-state index contributed by atoms with van der Waals surface area (Å²) in [7, 11) is 0. The number of anilines is 2. The van der Waals surface area contributed by atoms with Crippen molar-refractivity contribution < 1.29 is 5.11 Å². The topological polar surface area (TPSA) is 79.1 Å². The Labute approximate surface area is 130 Å². The van der Waals surface area contributed by atoms with Crippen molar-refractivity contribution in [1.29, 1.82) is 0 Å². The Balaban J connectivity index is 1.50. The predicted octanol–water partition coefficient (Wildman–Crippen LogP) is 1.14. The van der Waals surface area contributed by atoms with E-state index in [-0.39, 0.29) is 6.10 Å². The smallest absolute Gasteiger partial charge is 0.224 e. The van der Waals surface area contributed by atoms with Crippen molar-refractivity contribution in [2.45, 2.75) is 31.9 Å². The number of aromatic nitrogens is 4. The maximum Gasteiger partial charge on any atom is 0.224 e. The van der Waals surface area contributed by atoms with E-state index < -0.39 is 0 Å². The second-order valence-electron chi connectivity index (χ2n) is 5.56. The molecule has 1 aliphatic heterocycles. The Morgan fingerprint density at radius 1 is 1.36 bits per heavy atom. The zero-order valence-corrected chi connectivity index (χ0v) is 12.6. The Bertz CT molecular complexity index is 573. The number of hydrogen-bond acceptors (Lipinski definition) is 6. The van der Waals surface area contributed by atoms with Crippen LogP contribution >= 0.6 is 0 Å². The fourth-order valence-electron chi connectivity index (χ4n) is 2.65. The van der Waals surface area contributed by atoms with Gasteiger partial charge in [0.05, 0.1) is 12.4 Å². The first kappa shape index (κ1) is 14.8. The molecule has 3 rings (SSSR count). The lowest BCUT2D eigenvalue weighted by Gasteiger charge is -2.31. The van der Waals surface area contributed by atoms with Crippen LogP contribution in [0.5, 0.6) is 0 Å². The minimum absolute atomic E-state index is 0.254. The van der Waals surface area contributed by atoms with Crippen molar-refractivity contribution >= 4 is 11.8 Å². The molecule has 118 valence electrons. The third-order valence-corrected chi connectivity index (χ3v) is 3.80. The molecule has 0 spiro atoms. The van der Waals surface area contributed by atoms with Crippen LogP contribution in [0.4, 0.5) is 11.8 Å². The van der Waals surface area contributed by atoms with Crippen molar-refractivity contribution in [2.24, 2.45) is 0 Å². The fourth-order valence-corrected chi connectivity index (χ4v) is 2.65. The Kier molecular flexibility index (Phi) is 4.85. The Morgan fingerprint density at radius 2 is 2.32 bits per heavy atom. The summed E-state index contributed by atoms with van der Waals surface area (Å²) in [6.45, 7) is 3.32. The third kappa shape index (κ3) is 3.94. The van der Waals surface area contributed by atoms with E-state index in [0.717, 1.165) is 44.7 Å². The number of nitrogens with one attached hydrogen (secondary N) is 1. The molecule has 1 unspecified atom stereocenters. The van der Waals surface area contributed by atoms with Crippen LogP contribution in [0.15, 0.2) is 31.0 Å². The second kappa shape index (κ2) is 7.22. The molecule has 7 heteroatoms. The lowest BCUT2D eigenvalue weighted by Crippen LogP contribution is -2.38. The Hall–Kier alpha value is -2.15. The monoisotopic (exact) mass is 302 g/mol. The van der Waals surface area contributed by atoms with E-state index in [1.165, 1.54) is 0 Å². The van der Waals surface area contributed by atoms with Crippen LogP contribution < -0.4 is 10.2 Å². The van der Waals surface area contributed by atoms with Gasteiger partial charge in [-0.05, 0) is 25.3 Å². The zero-order chi connectivity index (χ0) is 15.2. The van der Waals surface area contributed by atoms with Crippen LogP contribution in [0.1, 0.15) is 19.3 Å². The van der Waals surface area contributed by atoms with Crippen LogP contribution in [0.25, 0.3) is 0 Å². The van der Waals surface area contributed by atoms with E-state index >= 15 is 0 Å². The van der Waals surface area contributed by atoms with Gasteiger partial charge < -0.3 is 19.9 Å². The molecule has 1 saturated heterocycles. The Morgan fingerprint density at radius 3 is 3.14 bits per heavy atom. The quantitative estimate of drug-likeness (QED) is 0.779. The van der Waals surface area contributed by atoms with Gasteiger partial charge in [-0.2, -0.15) is 4.98 Å². The molecular formula is C15H22N6O. The van der Waals surface area contributed by atoms with Gasteiger partial charge in [0.25, 0.3) is 0 Å². The van der Waals surface area contributed by atoms with Gasteiger partial charge >= 0.3 is 0 Å². The third-order valence-electron chi connectivity index (χ3n) is 3.80. The number of imidazole rings is 1. The average molecular weight is 302 g/mol. The molecule has 22 heavy (non-hydrogen) atoms. The highest BCUT2D eigenvalue weighted by Crippen LogP contribution is 2.18. The molecule has 7 nitrogen and oxygen atoms in total. The summed E-state index contributed by atoms with van der Waals surface area (Å²) < 4.78 is 2.05. The lowest BCUT2D eigenvalue weighted by atomic mass is 10.1. The molecule has 0 amide bonds. The molecule has 1 atom stereocenters. The van der Waals surface area contributed by atoms with Crippen LogP contribution in [-0.4, -0.2) is 50.4 Å². The lowest BCUT2D eigenvalue weighted by molar-refractivity contribution is 0.154. The number of β-amino-alcohol motifs (C(OH)–C–C–N with tert-alkyl or cyclic N) is 1. The highest BCUT2D eigenvalue weighted by Gasteiger charge is 2.19. The fraction of sp³-hybridized carbons (Fsp3) is 0.533. The molecule has 2 aromatic rings. The molecule has 0 bridgehead atoms. The van der Waals surface area contributed by atoms with Crippen LogP contribution in [0.3, 0.4) is 0 Å². The summed E-state index contributed by atoms with van der Waals surface area (Å²) in [4.78, 5) is 14.9. The summed E-state index contributed by atoms with van der Waals surface area (Å²) >= 11 is 0. The zero-order valence-electron chi connectivity index (χ0n) is 12.6. The van der Waals surface area contributed by atoms with Crippen LogP contribution in [-0.2, 0) is 6.54 Å². The van der Waals surface area contributed by atoms with E-state index in [4.69, 9.17) is 0 Å². The molecular weight excluding hydrogens is 280 g/mol. The molecule has 0 aliphatic carbocycles. The number of aliphatic hydroxyl groups is 1. The van der Waals surface area contributed by atoms with Crippen molar-refractivity contribution in [3.05, 3.63) is 31.0 Å². The number of aryl methyl sites for hydroxylation is 1. The minimum Gasteiger partial charge on any atom is -0.391 e. The average Bonchev–Trinajstić information content (AvgIpc) is 3.05. The molecule has 0 aromatic carbocycles. The first-order chi connectivity index (χ1) is 10.8. The molecule has 1 fully saturated rings. The van der Waals surface area contributed by atoms with Crippen molar-refractivity contribution in [3.8, 4) is 0 Å². The van der Waals surface area contributed by atoms with Crippen molar-refractivity contribution in [2.75, 3.05) is 29.9 Å². The molecule has 1 aliphatic rings. The number of hydrogen-bond donors (Lipinski definition) is 2. The van der Waals surface area contributed by atoms with E-state index in [1.54, 1.807) is 12.4 Å². The van der Waals surface area contributed by atoms with E-state index in [2.05, 4.69) is 25.2 Å². The highest BCUT2D eigenvalue weighted by atomic mass is 16.3. The summed E-state index contributed by atoms with van der Waals surface area (Å²) in [5, 5.41) is 13.0. The van der Waals surface area contributed by atoms with E-state index in [9.17, 15) is 5.11 Å². The van der Waals surface area contributed by atoms with Crippen molar-refractivity contribution in [1.82, 2.24) is 19.5 Å². The summed E-state index contributed by atoms with van der Waals surface area (Å²) in [6.07, 6.45) is 9.92. The maximum atomic E-state index is 9.77. The van der Waals surface area contributed by atoms with Gasteiger partial charge in [-0.25, -0.2) is 9.97 Å². The highest BCUT2D eigenvalue weighted by molar-refractivity contribution is 5.43.